The number of nitrogens with zero attached hydrogens (tertiary/aromatic N) is 2. The Labute approximate surface area is 128 Å². The third kappa shape index (κ3) is 3.65. The molecule has 0 atom stereocenters. The second-order valence-corrected chi connectivity index (χ2v) is 6.16. The van der Waals surface area contributed by atoms with Gasteiger partial charge in [0.2, 0.25) is 5.88 Å². The van der Waals surface area contributed by atoms with E-state index in [1.165, 1.54) is 3.57 Å². The molecule has 0 spiro atoms. The van der Waals surface area contributed by atoms with Crippen LogP contribution in [0.25, 0.3) is 0 Å². The predicted molar refractivity (Wildman–Crippen MR) is 83.1 cm³/mol. The molecule has 2 rings (SSSR count). The number of ether oxygens (including phenoxy) is 1. The smallest absolute Gasteiger partial charge is 0.223 e. The predicted octanol–water partition coefficient (Wildman–Crippen LogP) is 4.76. The molecule has 0 unspecified atom stereocenters. The number of hydrogen-bond donors (Lipinski definition) is 0. The maximum Gasteiger partial charge on any atom is 0.223 e. The molecule has 0 N–H and O–H groups in total. The van der Waals surface area contributed by atoms with Gasteiger partial charge in [-0.3, -0.25) is 0 Å². The molecule has 1 aromatic carbocycles. The highest BCUT2D eigenvalue weighted by Gasteiger charge is 2.08. The van der Waals surface area contributed by atoms with Gasteiger partial charge in [0.25, 0.3) is 0 Å². The van der Waals surface area contributed by atoms with Crippen LogP contribution in [0, 0.1) is 3.57 Å². The molecule has 0 aliphatic rings. The van der Waals surface area contributed by atoms with Crippen molar-refractivity contribution >= 4 is 38.5 Å². The van der Waals surface area contributed by atoms with E-state index in [1.54, 1.807) is 6.07 Å². The quantitative estimate of drug-likeness (QED) is 0.532. The first-order valence-electron chi connectivity index (χ1n) is 5.52. The molecule has 94 valence electrons. The Morgan fingerprint density at radius 3 is 2.44 bits per heavy atom. The molecule has 0 amide bonds. The summed E-state index contributed by atoms with van der Waals surface area (Å²) in [6, 6.07) is 9.61. The van der Waals surface area contributed by atoms with Crippen LogP contribution in [-0.4, -0.2) is 9.97 Å². The first-order chi connectivity index (χ1) is 8.54. The van der Waals surface area contributed by atoms with Crippen molar-refractivity contribution in [3.63, 3.8) is 0 Å². The molecule has 0 saturated heterocycles. The molecule has 3 nitrogen and oxygen atoms in total. The van der Waals surface area contributed by atoms with Crippen LogP contribution < -0.4 is 4.74 Å². The molecule has 0 saturated carbocycles. The van der Waals surface area contributed by atoms with Gasteiger partial charge in [-0.2, -0.15) is 4.98 Å². The van der Waals surface area contributed by atoms with Gasteiger partial charge in [0.1, 0.15) is 16.2 Å². The Hall–Kier alpha value is -0.690. The standard InChI is InChI=1S/C13H12BrIN2O/c1-8(2)13-16-11(14)7-12(17-13)18-10-5-3-9(15)4-6-10/h3-8H,1-2H3. The van der Waals surface area contributed by atoms with Gasteiger partial charge in [-0.1, -0.05) is 13.8 Å². The number of hydrogen-bond acceptors (Lipinski definition) is 3. The van der Waals surface area contributed by atoms with Gasteiger partial charge in [0, 0.05) is 15.6 Å². The third-order valence-electron chi connectivity index (χ3n) is 2.24. The first-order valence-corrected chi connectivity index (χ1v) is 7.39. The Morgan fingerprint density at radius 1 is 1.17 bits per heavy atom. The molecule has 5 heteroatoms. The second kappa shape index (κ2) is 5.97. The monoisotopic (exact) mass is 418 g/mol. The molecule has 1 aromatic heterocycles. The SMILES string of the molecule is CC(C)c1nc(Br)cc(Oc2ccc(I)cc2)n1. The molecule has 0 radical (unpaired) electrons. The average Bonchev–Trinajstić information content (AvgIpc) is 2.31. The molecule has 0 bridgehead atoms. The number of aromatic nitrogens is 2. The fourth-order valence-electron chi connectivity index (χ4n) is 1.35. The number of rotatable bonds is 3. The van der Waals surface area contributed by atoms with E-state index < -0.39 is 0 Å². The molecule has 0 aliphatic heterocycles. The lowest BCUT2D eigenvalue weighted by molar-refractivity contribution is 0.456. The number of benzene rings is 1. The Kier molecular flexibility index (Phi) is 4.55. The third-order valence-corrected chi connectivity index (χ3v) is 3.37. The van der Waals surface area contributed by atoms with Crippen molar-refractivity contribution in [2.24, 2.45) is 0 Å². The van der Waals surface area contributed by atoms with Crippen molar-refractivity contribution in [1.29, 1.82) is 0 Å². The summed E-state index contributed by atoms with van der Waals surface area (Å²) in [6.45, 7) is 4.10. The zero-order valence-corrected chi connectivity index (χ0v) is 13.8. The zero-order chi connectivity index (χ0) is 13.1. The van der Waals surface area contributed by atoms with Gasteiger partial charge in [0.15, 0.2) is 0 Å². The van der Waals surface area contributed by atoms with Crippen molar-refractivity contribution < 1.29 is 4.74 Å². The van der Waals surface area contributed by atoms with Crippen LogP contribution in [0.4, 0.5) is 0 Å². The van der Waals surface area contributed by atoms with E-state index in [0.717, 1.165) is 16.2 Å². The average molecular weight is 419 g/mol. The molecular weight excluding hydrogens is 407 g/mol. The largest absolute Gasteiger partial charge is 0.439 e. The van der Waals surface area contributed by atoms with Crippen molar-refractivity contribution in [3.05, 3.63) is 44.3 Å². The molecule has 18 heavy (non-hydrogen) atoms. The second-order valence-electron chi connectivity index (χ2n) is 4.10. The summed E-state index contributed by atoms with van der Waals surface area (Å²) in [4.78, 5) is 8.70. The highest BCUT2D eigenvalue weighted by atomic mass is 127. The summed E-state index contributed by atoms with van der Waals surface area (Å²) in [5.74, 6) is 2.36. The van der Waals surface area contributed by atoms with Gasteiger partial charge in [-0.15, -0.1) is 0 Å². The van der Waals surface area contributed by atoms with E-state index in [2.05, 4.69) is 62.3 Å². The minimum absolute atomic E-state index is 0.265. The maximum absolute atomic E-state index is 5.72. The lowest BCUT2D eigenvalue weighted by atomic mass is 10.2. The summed E-state index contributed by atoms with van der Waals surface area (Å²) >= 11 is 5.63. The van der Waals surface area contributed by atoms with E-state index >= 15 is 0 Å². The summed E-state index contributed by atoms with van der Waals surface area (Å²) in [6.07, 6.45) is 0. The van der Waals surface area contributed by atoms with Crippen LogP contribution in [0.1, 0.15) is 25.6 Å². The minimum Gasteiger partial charge on any atom is -0.439 e. The summed E-state index contributed by atoms with van der Waals surface area (Å²) in [7, 11) is 0. The molecule has 1 heterocycles. The topological polar surface area (TPSA) is 35.0 Å². The van der Waals surface area contributed by atoms with Crippen LogP contribution in [0.2, 0.25) is 0 Å². The highest BCUT2D eigenvalue weighted by molar-refractivity contribution is 14.1. The maximum atomic E-state index is 5.72. The summed E-state index contributed by atoms with van der Waals surface area (Å²) < 4.78 is 7.63. The van der Waals surface area contributed by atoms with Gasteiger partial charge in [-0.25, -0.2) is 4.98 Å². The number of halogens is 2. The first kappa shape index (κ1) is 13.7. The normalized spacial score (nSPS) is 10.7. The van der Waals surface area contributed by atoms with Crippen molar-refractivity contribution in [2.45, 2.75) is 19.8 Å². The van der Waals surface area contributed by atoms with E-state index in [1.807, 2.05) is 24.3 Å². The molecule has 0 fully saturated rings. The van der Waals surface area contributed by atoms with E-state index in [9.17, 15) is 0 Å². The Bertz CT molecular complexity index is 543. The van der Waals surface area contributed by atoms with Crippen molar-refractivity contribution in [1.82, 2.24) is 9.97 Å². The van der Waals surface area contributed by atoms with Gasteiger partial charge in [-0.05, 0) is 62.8 Å². The highest BCUT2D eigenvalue weighted by Crippen LogP contribution is 2.24. The fourth-order valence-corrected chi connectivity index (χ4v) is 2.08. The van der Waals surface area contributed by atoms with Crippen molar-refractivity contribution in [3.8, 4) is 11.6 Å². The van der Waals surface area contributed by atoms with Gasteiger partial charge >= 0.3 is 0 Å². The van der Waals surface area contributed by atoms with Crippen LogP contribution >= 0.6 is 38.5 Å². The lowest BCUT2D eigenvalue weighted by Gasteiger charge is -2.08. The van der Waals surface area contributed by atoms with Gasteiger partial charge in [0.05, 0.1) is 0 Å². The van der Waals surface area contributed by atoms with Crippen LogP contribution in [0.5, 0.6) is 11.6 Å². The fraction of sp³-hybridized carbons (Fsp3) is 0.231. The summed E-state index contributed by atoms with van der Waals surface area (Å²) in [5, 5.41) is 0. The van der Waals surface area contributed by atoms with E-state index in [0.29, 0.717) is 5.88 Å². The molecule has 0 aliphatic carbocycles. The zero-order valence-electron chi connectivity index (χ0n) is 10.0. The van der Waals surface area contributed by atoms with Crippen LogP contribution in [0.3, 0.4) is 0 Å². The van der Waals surface area contributed by atoms with Gasteiger partial charge < -0.3 is 4.74 Å². The minimum atomic E-state index is 0.265. The molecular formula is C13H12BrIN2O. The van der Waals surface area contributed by atoms with Crippen LogP contribution in [0.15, 0.2) is 34.9 Å². The van der Waals surface area contributed by atoms with Crippen molar-refractivity contribution in [2.75, 3.05) is 0 Å². The van der Waals surface area contributed by atoms with Crippen LogP contribution in [-0.2, 0) is 0 Å². The summed E-state index contributed by atoms with van der Waals surface area (Å²) in [5.41, 5.74) is 0. The van der Waals surface area contributed by atoms with E-state index in [-0.39, 0.29) is 5.92 Å². The van der Waals surface area contributed by atoms with E-state index in [4.69, 9.17) is 4.74 Å². The lowest BCUT2D eigenvalue weighted by Crippen LogP contribution is -1.99. The molecule has 2 aromatic rings. The Morgan fingerprint density at radius 2 is 1.83 bits per heavy atom. The Balaban J connectivity index is 2.26.